The van der Waals surface area contributed by atoms with E-state index in [-0.39, 0.29) is 42.9 Å². The van der Waals surface area contributed by atoms with Crippen molar-refractivity contribution in [1.29, 1.82) is 0 Å². The van der Waals surface area contributed by atoms with E-state index in [1.807, 2.05) is 46.8 Å². The highest BCUT2D eigenvalue weighted by Gasteiger charge is 2.36. The molecule has 0 bridgehead atoms. The molecule has 1 amide bonds. The summed E-state index contributed by atoms with van der Waals surface area (Å²) in [7, 11) is 0. The van der Waals surface area contributed by atoms with Crippen LogP contribution in [0.3, 0.4) is 0 Å². The maximum atomic E-state index is 11.9. The number of nitrogens with one attached hydrogen (secondary N) is 1. The van der Waals surface area contributed by atoms with E-state index in [0.29, 0.717) is 6.42 Å². The third-order valence-electron chi connectivity index (χ3n) is 3.62. The van der Waals surface area contributed by atoms with Crippen molar-refractivity contribution in [2.45, 2.75) is 83.5 Å². The van der Waals surface area contributed by atoms with Crippen molar-refractivity contribution in [3.8, 4) is 0 Å². The number of carbonyl (C=O) groups excluding carboxylic acids is 1. The van der Waals surface area contributed by atoms with Crippen LogP contribution in [0.15, 0.2) is 12.2 Å². The Labute approximate surface area is 138 Å². The van der Waals surface area contributed by atoms with Crippen LogP contribution in [0.1, 0.15) is 47.5 Å². The van der Waals surface area contributed by atoms with Crippen molar-refractivity contribution in [3.05, 3.63) is 12.2 Å². The van der Waals surface area contributed by atoms with Gasteiger partial charge in [0, 0.05) is 18.9 Å². The summed E-state index contributed by atoms with van der Waals surface area (Å²) in [5.74, 6) is 0. The predicted octanol–water partition coefficient (Wildman–Crippen LogP) is 2.76. The van der Waals surface area contributed by atoms with Crippen LogP contribution in [0.2, 0.25) is 0 Å². The number of fused-ring (bicyclic) bond motifs is 1. The second kappa shape index (κ2) is 7.64. The highest BCUT2D eigenvalue weighted by atomic mass is 16.7. The van der Waals surface area contributed by atoms with Gasteiger partial charge in [0.15, 0.2) is 0 Å². The highest BCUT2D eigenvalue weighted by molar-refractivity contribution is 5.67. The van der Waals surface area contributed by atoms with Crippen LogP contribution in [-0.2, 0) is 18.9 Å². The molecular weight excluding hydrogens is 298 g/mol. The fourth-order valence-corrected chi connectivity index (χ4v) is 2.77. The van der Waals surface area contributed by atoms with Gasteiger partial charge in [-0.25, -0.2) is 4.79 Å². The van der Waals surface area contributed by atoms with Crippen molar-refractivity contribution >= 4 is 6.09 Å². The number of alkyl carbamates (subject to hydrolysis) is 1. The summed E-state index contributed by atoms with van der Waals surface area (Å²) in [6, 6.07) is 0.0378. The first-order chi connectivity index (χ1) is 10.7. The smallest absolute Gasteiger partial charge is 0.407 e. The van der Waals surface area contributed by atoms with Crippen LogP contribution in [0.25, 0.3) is 0 Å². The molecule has 23 heavy (non-hydrogen) atoms. The van der Waals surface area contributed by atoms with Gasteiger partial charge in [-0.1, -0.05) is 6.08 Å². The van der Waals surface area contributed by atoms with E-state index >= 15 is 0 Å². The summed E-state index contributed by atoms with van der Waals surface area (Å²) in [5, 5.41) is 2.74. The quantitative estimate of drug-likeness (QED) is 0.808. The standard InChI is InChI=1S/C17H29NO5/c1-11(2)18-16(19)22-12-6-7-13(23-17(3,4)5)9-15-14(8-12)20-10-21-15/h6-7,11-15H,8-10H2,1-5H3,(H,18,19)/b7-6+. The van der Waals surface area contributed by atoms with Crippen molar-refractivity contribution in [1.82, 2.24) is 5.32 Å². The maximum absolute atomic E-state index is 11.9. The zero-order valence-corrected chi connectivity index (χ0v) is 14.7. The topological polar surface area (TPSA) is 66.0 Å². The number of hydrogen-bond acceptors (Lipinski definition) is 5. The van der Waals surface area contributed by atoms with Gasteiger partial charge in [-0.05, 0) is 40.7 Å². The van der Waals surface area contributed by atoms with Gasteiger partial charge >= 0.3 is 6.09 Å². The highest BCUT2D eigenvalue weighted by Crippen LogP contribution is 2.28. The van der Waals surface area contributed by atoms with E-state index in [1.54, 1.807) is 0 Å². The first kappa shape index (κ1) is 18.2. The summed E-state index contributed by atoms with van der Waals surface area (Å²) in [6.45, 7) is 10.1. The van der Waals surface area contributed by atoms with E-state index < -0.39 is 6.09 Å². The zero-order chi connectivity index (χ0) is 17.0. The molecule has 0 radical (unpaired) electrons. The molecule has 6 heteroatoms. The van der Waals surface area contributed by atoms with Gasteiger partial charge in [-0.3, -0.25) is 0 Å². The molecule has 1 N–H and O–H groups in total. The summed E-state index contributed by atoms with van der Waals surface area (Å²) >= 11 is 0. The van der Waals surface area contributed by atoms with Crippen molar-refractivity contribution in [3.63, 3.8) is 0 Å². The lowest BCUT2D eigenvalue weighted by atomic mass is 9.96. The van der Waals surface area contributed by atoms with E-state index in [1.165, 1.54) is 0 Å². The molecule has 0 spiro atoms. The second-order valence-corrected chi connectivity index (χ2v) is 7.40. The minimum Gasteiger partial charge on any atom is -0.442 e. The molecule has 0 aromatic rings. The summed E-state index contributed by atoms with van der Waals surface area (Å²) in [6.07, 6.45) is 4.22. The number of amides is 1. The molecule has 1 aliphatic carbocycles. The third kappa shape index (κ3) is 6.12. The monoisotopic (exact) mass is 327 g/mol. The van der Waals surface area contributed by atoms with Crippen molar-refractivity contribution in [2.75, 3.05) is 6.79 Å². The number of rotatable bonds is 3. The van der Waals surface area contributed by atoms with Gasteiger partial charge in [-0.2, -0.15) is 0 Å². The Balaban J connectivity index is 2.05. The molecule has 4 unspecified atom stereocenters. The molecule has 1 heterocycles. The van der Waals surface area contributed by atoms with Gasteiger partial charge in [0.1, 0.15) is 12.9 Å². The Kier molecular flexibility index (Phi) is 6.06. The van der Waals surface area contributed by atoms with Crippen LogP contribution in [0, 0.1) is 0 Å². The summed E-state index contributed by atoms with van der Waals surface area (Å²) in [5.41, 5.74) is -0.255. The normalized spacial score (nSPS) is 32.8. The molecule has 2 aliphatic rings. The van der Waals surface area contributed by atoms with Crippen molar-refractivity contribution < 1.29 is 23.7 Å². The Bertz CT molecular complexity index is 429. The number of ether oxygens (including phenoxy) is 4. The lowest BCUT2D eigenvalue weighted by molar-refractivity contribution is -0.0615. The molecule has 4 atom stereocenters. The minimum absolute atomic E-state index is 0.0356. The van der Waals surface area contributed by atoms with Gasteiger partial charge in [0.2, 0.25) is 0 Å². The Hall–Kier alpha value is -1.11. The van der Waals surface area contributed by atoms with Crippen LogP contribution in [-0.4, -0.2) is 48.9 Å². The van der Waals surface area contributed by atoms with E-state index in [2.05, 4.69) is 5.32 Å². The van der Waals surface area contributed by atoms with Gasteiger partial charge < -0.3 is 24.3 Å². The molecule has 0 aromatic heterocycles. The molecule has 1 fully saturated rings. The summed E-state index contributed by atoms with van der Waals surface area (Å²) < 4.78 is 22.9. The molecule has 1 aliphatic heterocycles. The maximum Gasteiger partial charge on any atom is 0.407 e. The Morgan fingerprint density at radius 1 is 1.13 bits per heavy atom. The van der Waals surface area contributed by atoms with Crippen molar-refractivity contribution in [2.24, 2.45) is 0 Å². The second-order valence-electron chi connectivity index (χ2n) is 7.40. The predicted molar refractivity (Wildman–Crippen MR) is 86.2 cm³/mol. The molecule has 0 aromatic carbocycles. The largest absolute Gasteiger partial charge is 0.442 e. The molecular formula is C17H29NO5. The molecule has 0 saturated carbocycles. The fraction of sp³-hybridized carbons (Fsp3) is 0.824. The van der Waals surface area contributed by atoms with E-state index in [9.17, 15) is 4.79 Å². The van der Waals surface area contributed by atoms with Gasteiger partial charge in [-0.15, -0.1) is 0 Å². The summed E-state index contributed by atoms with van der Waals surface area (Å²) in [4.78, 5) is 11.9. The van der Waals surface area contributed by atoms with Crippen LogP contribution in [0.5, 0.6) is 0 Å². The molecule has 6 nitrogen and oxygen atoms in total. The first-order valence-electron chi connectivity index (χ1n) is 8.29. The molecule has 2 rings (SSSR count). The van der Waals surface area contributed by atoms with Crippen LogP contribution < -0.4 is 5.32 Å². The zero-order valence-electron chi connectivity index (χ0n) is 14.7. The Morgan fingerprint density at radius 3 is 2.26 bits per heavy atom. The van der Waals surface area contributed by atoms with E-state index in [4.69, 9.17) is 18.9 Å². The lowest BCUT2D eigenvalue weighted by Gasteiger charge is -2.31. The fourth-order valence-electron chi connectivity index (χ4n) is 2.77. The average molecular weight is 327 g/mol. The van der Waals surface area contributed by atoms with Gasteiger partial charge in [0.05, 0.1) is 23.9 Å². The first-order valence-corrected chi connectivity index (χ1v) is 8.29. The van der Waals surface area contributed by atoms with Gasteiger partial charge in [0.25, 0.3) is 0 Å². The average Bonchev–Trinajstić information content (AvgIpc) is 2.77. The molecule has 1 saturated heterocycles. The minimum atomic E-state index is -0.418. The van der Waals surface area contributed by atoms with Crippen LogP contribution in [0.4, 0.5) is 4.79 Å². The molecule has 132 valence electrons. The Morgan fingerprint density at radius 2 is 1.70 bits per heavy atom. The van der Waals surface area contributed by atoms with E-state index in [0.717, 1.165) is 6.42 Å². The van der Waals surface area contributed by atoms with Crippen LogP contribution >= 0.6 is 0 Å². The SMILES string of the molecule is CC(C)NC(=O)OC1/C=C/C(OC(C)(C)C)CC2OCOC2C1. The third-order valence-corrected chi connectivity index (χ3v) is 3.62. The lowest BCUT2D eigenvalue weighted by Crippen LogP contribution is -2.39. The number of carbonyl (C=O) groups is 1. The number of hydrogen-bond donors (Lipinski definition) is 1.